The minimum atomic E-state index is 0. The number of benzene rings is 1. The molecule has 0 unspecified atom stereocenters. The van der Waals surface area contributed by atoms with E-state index >= 15 is 0 Å². The number of unbranched alkanes of at least 4 members (excludes halogenated alkanes) is 2. The van der Waals surface area contributed by atoms with Gasteiger partial charge in [0.25, 0.3) is 0 Å². The molecule has 1 aromatic carbocycles. The van der Waals surface area contributed by atoms with Crippen molar-refractivity contribution in [2.24, 2.45) is 0 Å². The van der Waals surface area contributed by atoms with E-state index in [0.717, 1.165) is 18.7 Å². The minimum Gasteiger partial charge on any atom is -0.411 e. The van der Waals surface area contributed by atoms with Gasteiger partial charge in [-0.15, -0.1) is 0 Å². The average Bonchev–Trinajstić information content (AvgIpc) is 2.25. The quantitative estimate of drug-likeness (QED) is 0.355. The molecule has 0 amide bonds. The van der Waals surface area contributed by atoms with Crippen LogP contribution in [0.25, 0.3) is 0 Å². The maximum atomic E-state index is 5.09. The summed E-state index contributed by atoms with van der Waals surface area (Å²) in [7, 11) is 0. The number of hydrogen-bond donors (Lipinski definition) is 0. The summed E-state index contributed by atoms with van der Waals surface area (Å²) in [6.07, 6.45) is 3.58. The number of para-hydroxylation sites is 1. The zero-order chi connectivity index (χ0) is 11.1. The maximum absolute atomic E-state index is 5.09. The molecule has 0 radical (unpaired) electrons. The van der Waals surface area contributed by atoms with Crippen molar-refractivity contribution in [2.75, 3.05) is 11.4 Å². The Morgan fingerprint density at radius 3 is 2.38 bits per heavy atom. The molecule has 0 N–H and O–H groups in total. The molecule has 0 aliphatic heterocycles. The second-order valence-corrected chi connectivity index (χ2v) is 4.49. The van der Waals surface area contributed by atoms with Crippen LogP contribution in [0.4, 0.5) is 5.69 Å². The Balaban J connectivity index is 0.00000225. The van der Waals surface area contributed by atoms with Crippen molar-refractivity contribution < 1.29 is 17.1 Å². The van der Waals surface area contributed by atoms with Crippen LogP contribution in [0.3, 0.4) is 0 Å². The standard InChI is InChI=1S/C12H17NS2.Cu/c1-2-3-7-10-13(12(14)15)11-8-5-4-6-9-11;/h4-6,8-9H,2-3,7,10H2,1H3,(H,14,15);/q;+1/p-1. The number of nitrogens with zero attached hydrogens (tertiary/aromatic N) is 1. The molecule has 0 fully saturated rings. The molecule has 1 aromatic rings. The van der Waals surface area contributed by atoms with E-state index in [1.165, 1.54) is 12.8 Å². The van der Waals surface area contributed by atoms with Crippen molar-refractivity contribution in [3.8, 4) is 0 Å². The average molecular weight is 302 g/mol. The molecule has 0 aliphatic carbocycles. The first-order chi connectivity index (χ1) is 7.25. The molecular formula is C12H16CuNS2. The van der Waals surface area contributed by atoms with Gasteiger partial charge in [0.15, 0.2) is 0 Å². The van der Waals surface area contributed by atoms with Gasteiger partial charge in [-0.3, -0.25) is 0 Å². The molecule has 4 heteroatoms. The first kappa shape index (κ1) is 15.8. The molecule has 0 aromatic heterocycles. The van der Waals surface area contributed by atoms with Gasteiger partial charge in [0.2, 0.25) is 0 Å². The Kier molecular flexibility index (Phi) is 8.86. The van der Waals surface area contributed by atoms with Crippen molar-refractivity contribution in [1.29, 1.82) is 0 Å². The zero-order valence-electron chi connectivity index (χ0n) is 9.28. The van der Waals surface area contributed by atoms with Crippen LogP contribution in [0.2, 0.25) is 0 Å². The van der Waals surface area contributed by atoms with Gasteiger partial charge < -0.3 is 29.7 Å². The first-order valence-electron chi connectivity index (χ1n) is 5.29. The van der Waals surface area contributed by atoms with Crippen molar-refractivity contribution in [3.63, 3.8) is 0 Å². The topological polar surface area (TPSA) is 3.24 Å². The van der Waals surface area contributed by atoms with E-state index in [4.69, 9.17) is 24.8 Å². The molecule has 0 saturated heterocycles. The second kappa shape index (κ2) is 8.94. The fourth-order valence-corrected chi connectivity index (χ4v) is 1.85. The van der Waals surface area contributed by atoms with E-state index in [2.05, 4.69) is 6.92 Å². The number of hydrogen-bond acceptors (Lipinski definition) is 2. The van der Waals surface area contributed by atoms with Crippen LogP contribution in [0.1, 0.15) is 26.2 Å². The largest absolute Gasteiger partial charge is 1.00 e. The van der Waals surface area contributed by atoms with E-state index in [-0.39, 0.29) is 17.1 Å². The normalized spacial score (nSPS) is 9.31. The molecule has 92 valence electrons. The second-order valence-electron chi connectivity index (χ2n) is 3.46. The third-order valence-electron chi connectivity index (χ3n) is 2.27. The van der Waals surface area contributed by atoms with Crippen molar-refractivity contribution >= 4 is 34.9 Å². The number of rotatable bonds is 5. The molecule has 0 heterocycles. The number of anilines is 1. The van der Waals surface area contributed by atoms with Crippen LogP contribution >= 0.6 is 12.2 Å². The molecular weight excluding hydrogens is 286 g/mol. The van der Waals surface area contributed by atoms with Gasteiger partial charge in [-0.2, -0.15) is 0 Å². The molecule has 0 spiro atoms. The molecule has 0 saturated carbocycles. The van der Waals surface area contributed by atoms with Crippen LogP contribution in [0.5, 0.6) is 0 Å². The summed E-state index contributed by atoms with van der Waals surface area (Å²) < 4.78 is 0.539. The Morgan fingerprint density at radius 2 is 1.88 bits per heavy atom. The fourth-order valence-electron chi connectivity index (χ4n) is 1.45. The summed E-state index contributed by atoms with van der Waals surface area (Å²) in [5, 5.41) is 0. The zero-order valence-corrected chi connectivity index (χ0v) is 11.9. The fraction of sp³-hybridized carbons (Fsp3) is 0.417. The Labute approximate surface area is 119 Å². The van der Waals surface area contributed by atoms with Crippen LogP contribution in [-0.2, 0) is 29.7 Å². The summed E-state index contributed by atoms with van der Waals surface area (Å²) in [6, 6.07) is 10.1. The smallest absolute Gasteiger partial charge is 0.411 e. The van der Waals surface area contributed by atoms with Gasteiger partial charge in [0.1, 0.15) is 0 Å². The SMILES string of the molecule is CCCCCN(C(=S)[S-])c1ccccc1.[Cu+]. The maximum Gasteiger partial charge on any atom is 1.00 e. The predicted molar refractivity (Wildman–Crippen MR) is 73.3 cm³/mol. The third kappa shape index (κ3) is 5.26. The van der Waals surface area contributed by atoms with Crippen LogP contribution in [-0.4, -0.2) is 10.9 Å². The summed E-state index contributed by atoms with van der Waals surface area (Å²) in [4.78, 5) is 2.03. The van der Waals surface area contributed by atoms with E-state index in [0.29, 0.717) is 4.32 Å². The summed E-state index contributed by atoms with van der Waals surface area (Å²) in [6.45, 7) is 3.12. The van der Waals surface area contributed by atoms with Crippen LogP contribution in [0, 0.1) is 0 Å². The van der Waals surface area contributed by atoms with Gasteiger partial charge >= 0.3 is 17.1 Å². The van der Waals surface area contributed by atoms with E-state index < -0.39 is 0 Å². The molecule has 0 bridgehead atoms. The summed E-state index contributed by atoms with van der Waals surface area (Å²) >= 11 is 10.2. The van der Waals surface area contributed by atoms with Gasteiger partial charge in [0, 0.05) is 12.2 Å². The van der Waals surface area contributed by atoms with Gasteiger partial charge in [-0.05, 0) is 18.6 Å². The van der Waals surface area contributed by atoms with Crippen molar-refractivity contribution in [2.45, 2.75) is 26.2 Å². The summed E-state index contributed by atoms with van der Waals surface area (Å²) in [5.74, 6) is 0. The molecule has 0 atom stereocenters. The molecule has 1 rings (SSSR count). The third-order valence-corrected chi connectivity index (χ3v) is 2.71. The number of thiocarbonyl (C=S) groups is 1. The minimum absolute atomic E-state index is 0. The predicted octanol–water partition coefficient (Wildman–Crippen LogP) is 3.51. The Morgan fingerprint density at radius 1 is 1.25 bits per heavy atom. The molecule has 16 heavy (non-hydrogen) atoms. The first-order valence-corrected chi connectivity index (χ1v) is 6.11. The Bertz CT molecular complexity index is 303. The van der Waals surface area contributed by atoms with E-state index in [1.54, 1.807) is 0 Å². The van der Waals surface area contributed by atoms with Crippen molar-refractivity contribution in [3.05, 3.63) is 30.3 Å². The summed E-state index contributed by atoms with van der Waals surface area (Å²) in [5.41, 5.74) is 1.11. The van der Waals surface area contributed by atoms with Gasteiger partial charge in [-0.25, -0.2) is 0 Å². The Hall–Kier alpha value is -0.151. The van der Waals surface area contributed by atoms with Gasteiger partial charge in [0.05, 0.1) is 0 Å². The van der Waals surface area contributed by atoms with Crippen LogP contribution < -0.4 is 4.90 Å². The van der Waals surface area contributed by atoms with Crippen molar-refractivity contribution in [1.82, 2.24) is 0 Å². The van der Waals surface area contributed by atoms with E-state index in [9.17, 15) is 0 Å². The molecule has 1 nitrogen and oxygen atoms in total. The van der Waals surface area contributed by atoms with E-state index in [1.807, 2.05) is 35.2 Å². The molecule has 0 aliphatic rings. The van der Waals surface area contributed by atoms with Crippen LogP contribution in [0.15, 0.2) is 30.3 Å². The monoisotopic (exact) mass is 301 g/mol. The van der Waals surface area contributed by atoms with Gasteiger partial charge in [-0.1, -0.05) is 42.3 Å².